The van der Waals surface area contributed by atoms with Crippen molar-refractivity contribution in [1.82, 2.24) is 4.98 Å². The van der Waals surface area contributed by atoms with Crippen molar-refractivity contribution in [1.29, 1.82) is 0 Å². The van der Waals surface area contributed by atoms with E-state index in [-0.39, 0.29) is 31.3 Å². The van der Waals surface area contributed by atoms with Crippen molar-refractivity contribution < 1.29 is 39.8 Å². The maximum atomic E-state index is 11.7. The second kappa shape index (κ2) is 17.5. The van der Waals surface area contributed by atoms with Crippen LogP contribution in [0.15, 0.2) is 11.0 Å². The van der Waals surface area contributed by atoms with Gasteiger partial charge in [-0.25, -0.2) is 9.19 Å². The van der Waals surface area contributed by atoms with Crippen LogP contribution >= 0.6 is 11.3 Å². The number of ether oxygens (including phenoxy) is 1. The highest BCUT2D eigenvalue weighted by molar-refractivity contribution is 7.86. The van der Waals surface area contributed by atoms with E-state index >= 15 is 0 Å². The molecule has 0 aliphatic carbocycles. The maximum Gasteiger partial charge on any atom is 0.264 e. The van der Waals surface area contributed by atoms with Crippen molar-refractivity contribution >= 4 is 47.2 Å². The Morgan fingerprint density at radius 1 is 1.35 bits per heavy atom. The molecule has 0 bridgehead atoms. The Hall–Kier alpha value is -0.553. The third-order valence-corrected chi connectivity index (χ3v) is 13.7. The predicted molar refractivity (Wildman–Crippen MR) is 162 cm³/mol. The lowest BCUT2D eigenvalue weighted by Gasteiger charge is -2.34. The lowest BCUT2D eigenvalue weighted by Crippen LogP contribution is -2.41. The standard InChI is InChI=1S/C25H45NO6S2Si.CH4O3S/c1-8-35(9-2,10-3)32-23(20(5)14-22-17-33-21(6)26-22)15-24-25(31-24,18-30-34(7,28)29)13-11-12-19(4)16-27;1-4-5(2)3/h14,17,19,23-24,27H,8-13,15-16,18H2,1-7H3;1H3,(H,2,3)/p-1/b20-14+;/t19-,23-,24-,25-;/m0./s1. The van der Waals surface area contributed by atoms with Crippen molar-refractivity contribution in [3.63, 3.8) is 0 Å². The summed E-state index contributed by atoms with van der Waals surface area (Å²) in [6.07, 6.45) is 5.95. The van der Waals surface area contributed by atoms with E-state index in [2.05, 4.69) is 48.3 Å². The zero-order valence-corrected chi connectivity index (χ0v) is 28.6. The van der Waals surface area contributed by atoms with E-state index in [1.54, 1.807) is 11.3 Å². The largest absolute Gasteiger partial charge is 0.750 e. The summed E-state index contributed by atoms with van der Waals surface area (Å²) >= 11 is -0.693. The average Bonchev–Trinajstić information content (AvgIpc) is 3.43. The number of epoxide rings is 1. The zero-order chi connectivity index (χ0) is 30.6. The van der Waals surface area contributed by atoms with E-state index in [9.17, 15) is 13.5 Å². The number of hydrogen-bond donors (Lipinski definition) is 1. The first-order valence-corrected chi connectivity index (χ1v) is 20.0. The Morgan fingerprint density at radius 2 is 1.95 bits per heavy atom. The molecule has 1 saturated heterocycles. The van der Waals surface area contributed by atoms with Gasteiger partial charge in [-0.05, 0) is 62.4 Å². The van der Waals surface area contributed by atoms with Crippen LogP contribution in [0.5, 0.6) is 0 Å². The zero-order valence-electron chi connectivity index (χ0n) is 25.1. The summed E-state index contributed by atoms with van der Waals surface area (Å²) in [7, 11) is -4.39. The Kier molecular flexibility index (Phi) is 16.4. The SMILES string of the molecule is CC[Si](CC)(CC)O[C@@H](C[C@@H]1O[C@@]1(CCC[C@H](C)CO)COS(C)(=O)=O)/C(C)=C/c1csc(C)n1.COS(=O)[O-]. The Morgan fingerprint density at radius 3 is 2.40 bits per heavy atom. The molecule has 234 valence electrons. The lowest BCUT2D eigenvalue weighted by molar-refractivity contribution is 0.172. The highest BCUT2D eigenvalue weighted by Crippen LogP contribution is 2.46. The molecular weight excluding hydrogens is 595 g/mol. The molecule has 1 aliphatic rings. The third kappa shape index (κ3) is 13.2. The number of aromatic nitrogens is 1. The summed E-state index contributed by atoms with van der Waals surface area (Å²) in [5, 5.41) is 12.4. The van der Waals surface area contributed by atoms with E-state index in [0.717, 1.165) is 60.6 Å². The van der Waals surface area contributed by atoms with Gasteiger partial charge in [-0.3, -0.25) is 4.18 Å². The quantitative estimate of drug-likeness (QED) is 0.101. The van der Waals surface area contributed by atoms with Crippen LogP contribution in [0.3, 0.4) is 0 Å². The van der Waals surface area contributed by atoms with Gasteiger partial charge in [0.1, 0.15) is 5.60 Å². The molecule has 1 unspecified atom stereocenters. The molecule has 5 atom stereocenters. The summed E-state index contributed by atoms with van der Waals surface area (Å²) in [4.78, 5) is 4.59. The molecule has 40 heavy (non-hydrogen) atoms. The highest BCUT2D eigenvalue weighted by Gasteiger charge is 2.57. The second-order valence-electron chi connectivity index (χ2n) is 10.5. The normalized spacial score (nSPS) is 21.9. The summed E-state index contributed by atoms with van der Waals surface area (Å²) < 4.78 is 63.8. The monoisotopic (exact) mass is 642 g/mol. The molecule has 0 saturated carbocycles. The van der Waals surface area contributed by atoms with Gasteiger partial charge in [0, 0.05) is 18.4 Å². The molecule has 0 radical (unpaired) electrons. The summed E-state index contributed by atoms with van der Waals surface area (Å²) in [6, 6.07) is 3.14. The van der Waals surface area contributed by atoms with Gasteiger partial charge >= 0.3 is 0 Å². The highest BCUT2D eigenvalue weighted by atomic mass is 32.2. The van der Waals surface area contributed by atoms with E-state index < -0.39 is 35.4 Å². The number of aliphatic hydroxyl groups excluding tert-OH is 1. The van der Waals surface area contributed by atoms with Crippen LogP contribution in [-0.2, 0) is 39.0 Å². The average molecular weight is 643 g/mol. The van der Waals surface area contributed by atoms with Gasteiger partial charge in [0.25, 0.3) is 10.1 Å². The van der Waals surface area contributed by atoms with Crippen molar-refractivity contribution in [2.24, 2.45) is 5.92 Å². The third-order valence-electron chi connectivity index (χ3n) is 7.44. The van der Waals surface area contributed by atoms with Crippen LogP contribution < -0.4 is 0 Å². The maximum absolute atomic E-state index is 11.7. The number of rotatable bonds is 18. The number of thiazole rings is 1. The molecule has 1 aromatic rings. The summed E-state index contributed by atoms with van der Waals surface area (Å²) in [5.41, 5.74) is 1.42. The van der Waals surface area contributed by atoms with Crippen molar-refractivity contribution in [3.8, 4) is 0 Å². The van der Waals surface area contributed by atoms with Crippen molar-refractivity contribution in [2.45, 2.75) is 103 Å². The van der Waals surface area contributed by atoms with Gasteiger partial charge in [0.05, 0.1) is 54.2 Å². The van der Waals surface area contributed by atoms with Crippen LogP contribution in [0, 0.1) is 12.8 Å². The number of hydrogen-bond acceptors (Lipinski definition) is 11. The number of nitrogens with zero attached hydrogens (tertiary/aromatic N) is 1. The number of aryl methyl sites for hydroxylation is 1. The van der Waals surface area contributed by atoms with E-state index in [0.29, 0.717) is 12.8 Å². The van der Waals surface area contributed by atoms with Gasteiger partial charge in [-0.2, -0.15) is 8.42 Å². The molecule has 0 spiro atoms. The summed E-state index contributed by atoms with van der Waals surface area (Å²) in [5.74, 6) is 0.202. The fourth-order valence-electron chi connectivity index (χ4n) is 4.57. The minimum atomic E-state index is -3.57. The minimum absolute atomic E-state index is 0.0165. The predicted octanol–water partition coefficient (Wildman–Crippen LogP) is 4.97. The summed E-state index contributed by atoms with van der Waals surface area (Å²) in [6.45, 7) is 12.9. The van der Waals surface area contributed by atoms with Crippen LogP contribution in [0.4, 0.5) is 0 Å². The fourth-order valence-corrected chi connectivity index (χ4v) is 8.44. The molecule has 0 aromatic carbocycles. The van der Waals surface area contributed by atoms with Crippen LogP contribution in [0.2, 0.25) is 18.1 Å². The molecule has 1 N–H and O–H groups in total. The van der Waals surface area contributed by atoms with Gasteiger partial charge in [-0.1, -0.05) is 34.1 Å². The molecule has 14 heteroatoms. The molecule has 10 nitrogen and oxygen atoms in total. The molecule has 1 aromatic heterocycles. The van der Waals surface area contributed by atoms with Crippen molar-refractivity contribution in [3.05, 3.63) is 21.7 Å². The van der Waals surface area contributed by atoms with Gasteiger partial charge in [0.15, 0.2) is 8.32 Å². The van der Waals surface area contributed by atoms with Gasteiger partial charge < -0.3 is 23.0 Å². The first kappa shape index (κ1) is 37.5. The topological polar surface area (TPSA) is 148 Å². The van der Waals surface area contributed by atoms with Crippen LogP contribution in [0.25, 0.3) is 6.08 Å². The molecule has 1 aliphatic heterocycles. The van der Waals surface area contributed by atoms with Crippen LogP contribution in [-0.4, -0.2) is 80.0 Å². The molecular formula is C26H48NO9S3Si-. The first-order chi connectivity index (χ1) is 18.7. The number of aliphatic hydroxyl groups is 1. The van der Waals surface area contributed by atoms with Gasteiger partial charge in [0.2, 0.25) is 0 Å². The van der Waals surface area contributed by atoms with Crippen molar-refractivity contribution in [2.75, 3.05) is 26.6 Å². The smallest absolute Gasteiger partial charge is 0.264 e. The molecule has 2 heterocycles. The van der Waals surface area contributed by atoms with E-state index in [1.807, 2.05) is 13.8 Å². The molecule has 2 rings (SSSR count). The van der Waals surface area contributed by atoms with Crippen LogP contribution in [0.1, 0.15) is 71.0 Å². The second-order valence-corrected chi connectivity index (χ2v) is 18.6. The van der Waals surface area contributed by atoms with Gasteiger partial charge in [-0.15, -0.1) is 11.3 Å². The minimum Gasteiger partial charge on any atom is -0.750 e. The first-order valence-electron chi connectivity index (χ1n) is 13.7. The molecule has 1 fully saturated rings. The lowest BCUT2D eigenvalue weighted by atomic mass is 9.92. The Bertz CT molecular complexity index is 1040. The van der Waals surface area contributed by atoms with E-state index in [1.165, 1.54) is 0 Å². The molecule has 0 amide bonds. The van der Waals surface area contributed by atoms with E-state index in [4.69, 9.17) is 22.1 Å². The Balaban J connectivity index is 0.00000146. The Labute approximate surface area is 248 Å². The fraction of sp³-hybridized carbons (Fsp3) is 0.808.